The SMILES string of the molecule is CCCCCC(=O)N[C@H]1CCSSCC[C@@H](C(=O)N[C@@H](CC(=O)O)C(N)=O)NC(=O)[C@H](Cc2ccccc2)NC(O)[C@H](CCC(N)=O)NC(=O)[C@H]([C@@H](C)O)NC(=O)[C@@H]2CCCN2C(=O)[C@@H]2CCCN2C1=O. The monoisotopic (exact) mass is 1030 g/mol. The molecule has 1 unspecified atom stereocenters. The molecule has 0 aromatic heterocycles. The van der Waals surface area contributed by atoms with Crippen LogP contribution >= 0.6 is 21.6 Å². The summed E-state index contributed by atoms with van der Waals surface area (Å²) in [7, 11) is 2.58. The lowest BCUT2D eigenvalue weighted by Gasteiger charge is -2.34. The first-order valence-corrected chi connectivity index (χ1v) is 26.6. The summed E-state index contributed by atoms with van der Waals surface area (Å²) < 4.78 is 0. The number of carboxylic acids is 1. The van der Waals surface area contributed by atoms with E-state index >= 15 is 0 Å². The highest BCUT2D eigenvalue weighted by molar-refractivity contribution is 8.76. The molecule has 3 aliphatic heterocycles. The minimum Gasteiger partial charge on any atom is -0.481 e. The molecule has 0 radical (unpaired) electrons. The third-order valence-corrected chi connectivity index (χ3v) is 15.0. The number of rotatable bonds is 16. The molecule has 3 heterocycles. The molecular weight excluding hydrogens is 965 g/mol. The van der Waals surface area contributed by atoms with Gasteiger partial charge in [0.05, 0.1) is 24.6 Å². The van der Waals surface area contributed by atoms with E-state index in [-0.39, 0.29) is 69.7 Å². The van der Waals surface area contributed by atoms with Crippen molar-refractivity contribution in [2.45, 2.75) is 164 Å². The number of nitrogens with one attached hydrogen (secondary N) is 6. The van der Waals surface area contributed by atoms with E-state index in [9.17, 15) is 63.3 Å². The van der Waals surface area contributed by atoms with E-state index in [1.54, 1.807) is 30.3 Å². The average Bonchev–Trinajstić information content (AvgIpc) is 4.02. The number of fused-ring (bicyclic) bond motifs is 2. The van der Waals surface area contributed by atoms with Crippen molar-refractivity contribution in [3.63, 3.8) is 0 Å². The number of aliphatic hydroxyl groups excluding tert-OH is 2. The predicted octanol–water partition coefficient (Wildman–Crippen LogP) is -1.73. The van der Waals surface area contributed by atoms with Crippen molar-refractivity contribution in [2.75, 3.05) is 24.6 Å². The van der Waals surface area contributed by atoms with Crippen LogP contribution in [0, 0.1) is 0 Å². The minimum absolute atomic E-state index is 0.0935. The van der Waals surface area contributed by atoms with E-state index in [2.05, 4.69) is 31.9 Å². The Kier molecular flexibility index (Phi) is 23.8. The fraction of sp³-hybridized carbons (Fsp3) is 0.652. The van der Waals surface area contributed by atoms with E-state index in [0.29, 0.717) is 37.0 Å². The Hall–Kier alpha value is -5.50. The number of hydrogen-bond donors (Lipinski definition) is 11. The molecule has 1 aromatic rings. The molecule has 0 saturated carbocycles. The van der Waals surface area contributed by atoms with Gasteiger partial charge in [0.25, 0.3) is 0 Å². The van der Waals surface area contributed by atoms with E-state index < -0.39 is 120 Å². The summed E-state index contributed by atoms with van der Waals surface area (Å²) in [6, 6.07) is -2.02. The number of primary amides is 2. The number of hydrogen-bond acceptors (Lipinski definition) is 15. The Labute approximate surface area is 420 Å². The lowest BCUT2D eigenvalue weighted by atomic mass is 10.0. The van der Waals surface area contributed by atoms with Gasteiger partial charge in [0.2, 0.25) is 53.2 Å². The predicted molar refractivity (Wildman–Crippen MR) is 262 cm³/mol. The molecule has 3 fully saturated rings. The van der Waals surface area contributed by atoms with Gasteiger partial charge in [-0.1, -0.05) is 71.7 Å². The Morgan fingerprint density at radius 1 is 0.817 bits per heavy atom. The normalized spacial score (nSPS) is 26.5. The highest BCUT2D eigenvalue weighted by Gasteiger charge is 2.45. The standard InChI is InChI=1S/C46H70N10O13S2/c1-3-4-6-15-36(59)49-30-19-23-71-70-22-18-29(41(64)52-31(39(48)62)25-37(60)61)50-42(65)32(24-27-11-7-5-8-12-27)53-40(63)28(16-17-35(47)58)51-44(67)38(26(2)57)54-43(66)33-13-9-20-55(33)46(69)34-14-10-21-56(34)45(30)68/h5,7-8,11-12,26,28-34,38,40,53,57,63H,3-4,6,9-10,13-25H2,1-2H3,(H2,47,58)(H2,48,62)(H,49,59)(H,50,65)(H,51,67)(H,52,64)(H,54,66)(H,60,61)/t26-,28+,29+,30+,31+,32+,33+,34+,38+,40?/m1/s1. The number of carbonyl (C=O) groups excluding carboxylic acids is 9. The Balaban J connectivity index is 1.74. The minimum atomic E-state index is -1.82. The van der Waals surface area contributed by atoms with Crippen molar-refractivity contribution in [3.05, 3.63) is 35.9 Å². The summed E-state index contributed by atoms with van der Waals surface area (Å²) in [4.78, 5) is 137. The molecule has 23 nitrogen and oxygen atoms in total. The van der Waals surface area contributed by atoms with E-state index in [0.717, 1.165) is 12.8 Å². The molecule has 394 valence electrons. The molecule has 25 heteroatoms. The van der Waals surface area contributed by atoms with Gasteiger partial charge in [0.1, 0.15) is 42.5 Å². The lowest BCUT2D eigenvalue weighted by molar-refractivity contribution is -0.148. The molecule has 71 heavy (non-hydrogen) atoms. The Morgan fingerprint density at radius 2 is 1.46 bits per heavy atom. The summed E-state index contributed by atoms with van der Waals surface area (Å²) in [5.41, 5.74) is 11.5. The van der Waals surface area contributed by atoms with Gasteiger partial charge in [-0.2, -0.15) is 0 Å². The van der Waals surface area contributed by atoms with Crippen LogP contribution in [0.3, 0.4) is 0 Å². The smallest absolute Gasteiger partial charge is 0.305 e. The van der Waals surface area contributed by atoms with E-state index in [1.165, 1.54) is 38.3 Å². The Morgan fingerprint density at radius 3 is 2.08 bits per heavy atom. The number of benzene rings is 1. The van der Waals surface area contributed by atoms with Crippen LogP contribution in [0.2, 0.25) is 0 Å². The van der Waals surface area contributed by atoms with Gasteiger partial charge in [-0.25, -0.2) is 0 Å². The number of aliphatic carboxylic acids is 1. The molecule has 1 aromatic carbocycles. The van der Waals surface area contributed by atoms with Crippen molar-refractivity contribution in [1.29, 1.82) is 0 Å². The van der Waals surface area contributed by atoms with E-state index in [1.807, 2.05) is 6.92 Å². The van der Waals surface area contributed by atoms with Crippen LogP contribution in [0.1, 0.15) is 103 Å². The molecule has 10 atom stereocenters. The van der Waals surface area contributed by atoms with Crippen molar-refractivity contribution in [3.8, 4) is 0 Å². The van der Waals surface area contributed by atoms with Crippen LogP contribution < -0.4 is 43.4 Å². The third kappa shape index (κ3) is 18.2. The molecule has 0 spiro atoms. The largest absolute Gasteiger partial charge is 0.481 e. The summed E-state index contributed by atoms with van der Waals surface area (Å²) in [6.45, 7) is 3.63. The van der Waals surface area contributed by atoms with Crippen LogP contribution in [-0.4, -0.2) is 170 Å². The molecule has 4 rings (SSSR count). The zero-order chi connectivity index (χ0) is 52.2. The molecule has 3 aliphatic rings. The number of unbranched alkanes of at least 4 members (excludes halogenated alkanes) is 2. The highest BCUT2D eigenvalue weighted by atomic mass is 33.1. The second kappa shape index (κ2) is 29.1. The number of nitrogens with two attached hydrogens (primary N) is 2. The maximum atomic E-state index is 14.4. The van der Waals surface area contributed by atoms with Gasteiger partial charge in [-0.15, -0.1) is 0 Å². The number of nitrogens with zero attached hydrogens (tertiary/aromatic N) is 2. The summed E-state index contributed by atoms with van der Waals surface area (Å²) in [6.07, 6.45) is -1.04. The molecule has 0 bridgehead atoms. The number of carbonyl (C=O) groups is 10. The second-order valence-electron chi connectivity index (χ2n) is 18.0. The Bertz CT molecular complexity index is 2040. The zero-order valence-electron chi connectivity index (χ0n) is 40.2. The average molecular weight is 1040 g/mol. The topological polar surface area (TPSA) is 362 Å². The van der Waals surface area contributed by atoms with Gasteiger partial charge in [0.15, 0.2) is 0 Å². The second-order valence-corrected chi connectivity index (χ2v) is 20.7. The molecule has 9 amide bonds. The lowest BCUT2D eigenvalue weighted by Crippen LogP contribution is -2.63. The van der Waals surface area contributed by atoms with Crippen LogP contribution in [0.25, 0.3) is 0 Å². The number of amides is 9. The van der Waals surface area contributed by atoms with Gasteiger partial charge in [0, 0.05) is 37.4 Å². The molecule has 3 saturated heterocycles. The quantitative estimate of drug-likeness (QED) is 0.0648. The van der Waals surface area contributed by atoms with E-state index in [4.69, 9.17) is 11.5 Å². The summed E-state index contributed by atoms with van der Waals surface area (Å²) >= 11 is 0. The maximum absolute atomic E-state index is 14.4. The fourth-order valence-corrected chi connectivity index (χ4v) is 10.8. The first kappa shape index (κ1) is 58.1. The number of aliphatic hydroxyl groups is 2. The third-order valence-electron chi connectivity index (χ3n) is 12.5. The fourth-order valence-electron chi connectivity index (χ4n) is 8.64. The van der Waals surface area contributed by atoms with Crippen LogP contribution in [-0.2, 0) is 54.4 Å². The zero-order valence-corrected chi connectivity index (χ0v) is 41.8. The summed E-state index contributed by atoms with van der Waals surface area (Å²) in [5, 5.41) is 47.7. The molecular formula is C46H70N10O13S2. The van der Waals surface area contributed by atoms with Gasteiger partial charge in [-0.05, 0) is 70.3 Å². The molecule has 13 N–H and O–H groups in total. The first-order valence-electron chi connectivity index (χ1n) is 24.1. The van der Waals surface area contributed by atoms with Crippen molar-refractivity contribution in [2.24, 2.45) is 11.5 Å². The first-order chi connectivity index (χ1) is 33.8. The van der Waals surface area contributed by atoms with Crippen LogP contribution in [0.15, 0.2) is 30.3 Å². The van der Waals surface area contributed by atoms with Crippen molar-refractivity contribution in [1.82, 2.24) is 41.7 Å². The maximum Gasteiger partial charge on any atom is 0.305 e. The van der Waals surface area contributed by atoms with Crippen LogP contribution in [0.4, 0.5) is 0 Å². The highest BCUT2D eigenvalue weighted by Crippen LogP contribution is 2.28. The summed E-state index contributed by atoms with van der Waals surface area (Å²) in [5.74, 6) is -7.75. The number of carboxylic acid groups (broad SMARTS) is 1. The van der Waals surface area contributed by atoms with Gasteiger partial charge >= 0.3 is 5.97 Å². The van der Waals surface area contributed by atoms with Gasteiger partial charge < -0.3 is 63.2 Å². The van der Waals surface area contributed by atoms with Crippen molar-refractivity contribution < 1.29 is 63.3 Å². The van der Waals surface area contributed by atoms with Gasteiger partial charge in [-0.3, -0.25) is 53.3 Å². The van der Waals surface area contributed by atoms with Crippen LogP contribution in [0.5, 0.6) is 0 Å². The molecule has 0 aliphatic carbocycles. The van der Waals surface area contributed by atoms with Crippen molar-refractivity contribution >= 4 is 80.7 Å².